The fraction of sp³-hybridized carbons (Fsp3) is 0.667. The minimum atomic E-state index is 0.650. The van der Waals surface area contributed by atoms with Crippen molar-refractivity contribution in [3.05, 3.63) is 20.8 Å². The molecular weight excluding hydrogens is 284 g/mol. The second-order valence-electron chi connectivity index (χ2n) is 4.75. The van der Waals surface area contributed by atoms with Crippen LogP contribution in [0, 0.1) is 5.92 Å². The van der Waals surface area contributed by atoms with Crippen LogP contribution in [0.2, 0.25) is 0 Å². The van der Waals surface area contributed by atoms with Crippen LogP contribution in [0.3, 0.4) is 0 Å². The molecule has 1 aliphatic heterocycles. The normalized spacial score (nSPS) is 22.9. The summed E-state index contributed by atoms with van der Waals surface area (Å²) < 4.78 is 1.23. The van der Waals surface area contributed by atoms with Crippen molar-refractivity contribution in [3.8, 4) is 0 Å². The molecule has 1 N–H and O–H groups in total. The van der Waals surface area contributed by atoms with Crippen LogP contribution in [-0.2, 0) is 6.54 Å². The Kier molecular flexibility index (Phi) is 4.41. The Labute approximate surface area is 110 Å². The van der Waals surface area contributed by atoms with Gasteiger partial charge in [-0.05, 0) is 34.0 Å². The summed E-state index contributed by atoms with van der Waals surface area (Å²) in [7, 11) is 0. The van der Waals surface area contributed by atoms with Gasteiger partial charge < -0.3 is 5.32 Å². The molecule has 1 unspecified atom stereocenters. The quantitative estimate of drug-likeness (QED) is 0.923. The summed E-state index contributed by atoms with van der Waals surface area (Å²) in [6.45, 7) is 9.15. The Bertz CT molecular complexity index is 338. The predicted octanol–water partition coefficient (Wildman–Crippen LogP) is 2.94. The van der Waals surface area contributed by atoms with E-state index in [0.29, 0.717) is 6.04 Å². The van der Waals surface area contributed by atoms with E-state index in [-0.39, 0.29) is 0 Å². The maximum atomic E-state index is 3.59. The second kappa shape index (κ2) is 5.63. The van der Waals surface area contributed by atoms with Crippen molar-refractivity contribution >= 4 is 27.3 Å². The lowest BCUT2D eigenvalue weighted by Gasteiger charge is -2.35. The maximum Gasteiger partial charge on any atom is 0.0701 e. The number of hydrogen-bond donors (Lipinski definition) is 1. The molecule has 0 spiro atoms. The first-order valence-electron chi connectivity index (χ1n) is 5.85. The second-order valence-corrected chi connectivity index (χ2v) is 7.29. The maximum absolute atomic E-state index is 3.59. The minimum Gasteiger partial charge on any atom is -0.311 e. The van der Waals surface area contributed by atoms with Crippen LogP contribution < -0.4 is 5.32 Å². The molecule has 2 heterocycles. The third kappa shape index (κ3) is 3.29. The summed E-state index contributed by atoms with van der Waals surface area (Å²) in [6, 6.07) is 5.01. The van der Waals surface area contributed by atoms with Gasteiger partial charge in [0.15, 0.2) is 0 Å². The zero-order valence-corrected chi connectivity index (χ0v) is 12.3. The highest BCUT2D eigenvalue weighted by atomic mass is 79.9. The number of hydrogen-bond acceptors (Lipinski definition) is 3. The van der Waals surface area contributed by atoms with Crippen molar-refractivity contribution in [1.82, 2.24) is 10.2 Å². The highest BCUT2D eigenvalue weighted by Crippen LogP contribution is 2.23. The molecule has 2 nitrogen and oxygen atoms in total. The third-order valence-corrected chi connectivity index (χ3v) is 4.71. The van der Waals surface area contributed by atoms with E-state index in [9.17, 15) is 0 Å². The van der Waals surface area contributed by atoms with E-state index in [0.717, 1.165) is 19.0 Å². The van der Waals surface area contributed by atoms with Gasteiger partial charge in [0.2, 0.25) is 0 Å². The Balaban J connectivity index is 1.90. The summed E-state index contributed by atoms with van der Waals surface area (Å²) in [4.78, 5) is 4.01. The smallest absolute Gasteiger partial charge is 0.0701 e. The van der Waals surface area contributed by atoms with Gasteiger partial charge in [-0.2, -0.15) is 0 Å². The molecule has 0 aliphatic carbocycles. The molecule has 1 atom stereocenters. The number of piperazine rings is 1. The summed E-state index contributed by atoms with van der Waals surface area (Å²) in [5.41, 5.74) is 0. The van der Waals surface area contributed by atoms with E-state index in [1.165, 1.54) is 21.8 Å². The van der Waals surface area contributed by atoms with Crippen LogP contribution >= 0.6 is 27.3 Å². The average Bonchev–Trinajstić information content (AvgIpc) is 2.64. The zero-order chi connectivity index (χ0) is 11.5. The summed E-state index contributed by atoms with van der Waals surface area (Å²) in [5.74, 6) is 0.720. The zero-order valence-electron chi connectivity index (χ0n) is 9.87. The van der Waals surface area contributed by atoms with Gasteiger partial charge in [0.25, 0.3) is 0 Å². The minimum absolute atomic E-state index is 0.650. The summed E-state index contributed by atoms with van der Waals surface area (Å²) >= 11 is 5.37. The fourth-order valence-electron chi connectivity index (χ4n) is 2.09. The van der Waals surface area contributed by atoms with Crippen LogP contribution in [0.1, 0.15) is 18.7 Å². The van der Waals surface area contributed by atoms with Gasteiger partial charge in [0, 0.05) is 37.1 Å². The molecule has 0 amide bonds. The van der Waals surface area contributed by atoms with E-state index in [2.05, 4.69) is 52.1 Å². The molecule has 16 heavy (non-hydrogen) atoms. The molecule has 1 aromatic rings. The van der Waals surface area contributed by atoms with E-state index in [4.69, 9.17) is 0 Å². The summed E-state index contributed by atoms with van der Waals surface area (Å²) in [5, 5.41) is 3.59. The molecule has 2 rings (SSSR count). The standard InChI is InChI=1S/C12H19BrN2S/c1-9(2)11-8-15(6-5-14-11)7-10-3-4-12(13)16-10/h3-4,9,11,14H,5-8H2,1-2H3. The van der Waals surface area contributed by atoms with Crippen LogP contribution in [0.25, 0.3) is 0 Å². The summed E-state index contributed by atoms with van der Waals surface area (Å²) in [6.07, 6.45) is 0. The number of nitrogens with one attached hydrogen (secondary N) is 1. The molecule has 1 aromatic heterocycles. The van der Waals surface area contributed by atoms with E-state index in [1.54, 1.807) is 0 Å². The predicted molar refractivity (Wildman–Crippen MR) is 73.9 cm³/mol. The van der Waals surface area contributed by atoms with Crippen LogP contribution in [0.5, 0.6) is 0 Å². The van der Waals surface area contributed by atoms with Gasteiger partial charge in [-0.3, -0.25) is 4.90 Å². The molecule has 1 fully saturated rings. The van der Waals surface area contributed by atoms with Crippen molar-refractivity contribution in [2.75, 3.05) is 19.6 Å². The van der Waals surface area contributed by atoms with Crippen molar-refractivity contribution in [2.45, 2.75) is 26.4 Å². The first-order chi connectivity index (χ1) is 7.65. The SMILES string of the molecule is CC(C)C1CN(Cc2ccc(Br)s2)CCN1. The van der Waals surface area contributed by atoms with E-state index in [1.807, 2.05) is 11.3 Å². The fourth-order valence-corrected chi connectivity index (χ4v) is 3.61. The monoisotopic (exact) mass is 302 g/mol. The van der Waals surface area contributed by atoms with E-state index < -0.39 is 0 Å². The highest BCUT2D eigenvalue weighted by Gasteiger charge is 2.21. The molecule has 0 aromatic carbocycles. The molecule has 0 saturated carbocycles. The first-order valence-corrected chi connectivity index (χ1v) is 7.46. The number of halogens is 1. The molecular formula is C12H19BrN2S. The lowest BCUT2D eigenvalue weighted by Crippen LogP contribution is -2.52. The average molecular weight is 303 g/mol. The van der Waals surface area contributed by atoms with Gasteiger partial charge in [0.1, 0.15) is 0 Å². The Morgan fingerprint density at radius 2 is 2.38 bits per heavy atom. The molecule has 0 radical (unpaired) electrons. The third-order valence-electron chi connectivity index (χ3n) is 3.10. The van der Waals surface area contributed by atoms with Crippen LogP contribution in [0.4, 0.5) is 0 Å². The largest absolute Gasteiger partial charge is 0.311 e. The highest BCUT2D eigenvalue weighted by molar-refractivity contribution is 9.11. The first kappa shape index (κ1) is 12.6. The van der Waals surface area contributed by atoms with Gasteiger partial charge >= 0.3 is 0 Å². The van der Waals surface area contributed by atoms with E-state index >= 15 is 0 Å². The molecule has 0 bridgehead atoms. The Morgan fingerprint density at radius 3 is 3.00 bits per heavy atom. The van der Waals surface area contributed by atoms with Gasteiger partial charge in [0.05, 0.1) is 3.79 Å². The van der Waals surface area contributed by atoms with Crippen molar-refractivity contribution in [3.63, 3.8) is 0 Å². The number of thiophene rings is 1. The number of nitrogens with zero attached hydrogens (tertiary/aromatic N) is 1. The van der Waals surface area contributed by atoms with Crippen molar-refractivity contribution in [2.24, 2.45) is 5.92 Å². The Hall–Kier alpha value is 0.1000. The van der Waals surface area contributed by atoms with Gasteiger partial charge in [-0.25, -0.2) is 0 Å². The molecule has 90 valence electrons. The van der Waals surface area contributed by atoms with Gasteiger partial charge in [-0.15, -0.1) is 11.3 Å². The van der Waals surface area contributed by atoms with Gasteiger partial charge in [-0.1, -0.05) is 13.8 Å². The van der Waals surface area contributed by atoms with Crippen LogP contribution in [-0.4, -0.2) is 30.6 Å². The lowest BCUT2D eigenvalue weighted by molar-refractivity contribution is 0.170. The van der Waals surface area contributed by atoms with Crippen molar-refractivity contribution < 1.29 is 0 Å². The van der Waals surface area contributed by atoms with Crippen LogP contribution in [0.15, 0.2) is 15.9 Å². The number of rotatable bonds is 3. The molecule has 1 saturated heterocycles. The Morgan fingerprint density at radius 1 is 1.56 bits per heavy atom. The topological polar surface area (TPSA) is 15.3 Å². The van der Waals surface area contributed by atoms with Crippen molar-refractivity contribution in [1.29, 1.82) is 0 Å². The molecule has 4 heteroatoms. The molecule has 1 aliphatic rings. The lowest BCUT2D eigenvalue weighted by atomic mass is 10.0.